The fourth-order valence-electron chi connectivity index (χ4n) is 3.59. The van der Waals surface area contributed by atoms with E-state index in [1.807, 2.05) is 18.2 Å². The molecule has 4 aliphatic heterocycles. The first-order valence-electron chi connectivity index (χ1n) is 6.73. The number of rotatable bonds is 0. The summed E-state index contributed by atoms with van der Waals surface area (Å²) >= 11 is 1.77. The van der Waals surface area contributed by atoms with Crippen LogP contribution in [0.2, 0.25) is 0 Å². The summed E-state index contributed by atoms with van der Waals surface area (Å²) in [5, 5.41) is 13.7. The van der Waals surface area contributed by atoms with E-state index in [2.05, 4.69) is 30.3 Å². The van der Waals surface area contributed by atoms with Gasteiger partial charge in [0.1, 0.15) is 18.0 Å². The van der Waals surface area contributed by atoms with Gasteiger partial charge in [0, 0.05) is 16.5 Å². The molecule has 4 heterocycles. The van der Waals surface area contributed by atoms with Crippen molar-refractivity contribution in [2.75, 3.05) is 11.6 Å². The molecular formula is C16H12N2OS. The SMILES string of the molecule is [O-]N1C2=C3C[N+]2(Cc2ccccc2S3)c2ccccc21. The summed E-state index contributed by atoms with van der Waals surface area (Å²) in [5.74, 6) is 0.937. The lowest BCUT2D eigenvalue weighted by molar-refractivity contribution is 0.329. The summed E-state index contributed by atoms with van der Waals surface area (Å²) in [5.41, 5.74) is 3.31. The van der Waals surface area contributed by atoms with E-state index in [0.29, 0.717) is 4.48 Å². The molecule has 0 saturated carbocycles. The van der Waals surface area contributed by atoms with Gasteiger partial charge in [-0.2, -0.15) is 0 Å². The van der Waals surface area contributed by atoms with Crippen LogP contribution in [0.3, 0.4) is 0 Å². The zero-order valence-electron chi connectivity index (χ0n) is 10.7. The second-order valence-electron chi connectivity index (χ2n) is 5.52. The normalized spacial score (nSPS) is 25.6. The topological polar surface area (TPSA) is 26.3 Å². The van der Waals surface area contributed by atoms with Gasteiger partial charge in [-0.15, -0.1) is 0 Å². The van der Waals surface area contributed by atoms with Crippen molar-refractivity contribution in [1.29, 1.82) is 0 Å². The third-order valence-corrected chi connectivity index (χ3v) is 5.64. The van der Waals surface area contributed by atoms with Crippen molar-refractivity contribution >= 4 is 23.1 Å². The Hall–Kier alpha value is -1.75. The van der Waals surface area contributed by atoms with E-state index in [0.717, 1.165) is 35.3 Å². The molecule has 3 nitrogen and oxygen atoms in total. The third-order valence-electron chi connectivity index (χ3n) is 4.47. The monoisotopic (exact) mass is 280 g/mol. The molecule has 0 aliphatic carbocycles. The van der Waals surface area contributed by atoms with Gasteiger partial charge >= 0.3 is 0 Å². The lowest BCUT2D eigenvalue weighted by Crippen LogP contribution is -2.55. The molecule has 0 amide bonds. The second-order valence-corrected chi connectivity index (χ2v) is 6.66. The van der Waals surface area contributed by atoms with Crippen LogP contribution in [0.15, 0.2) is 64.2 Å². The molecule has 0 fully saturated rings. The number of thioether (sulfide) groups is 1. The Morgan fingerprint density at radius 1 is 1.00 bits per heavy atom. The van der Waals surface area contributed by atoms with Crippen LogP contribution in [-0.4, -0.2) is 6.54 Å². The van der Waals surface area contributed by atoms with Crippen LogP contribution < -0.4 is 9.55 Å². The number of fused-ring (bicyclic) bond motifs is 1. The molecule has 0 N–H and O–H groups in total. The number of anilines is 1. The summed E-state index contributed by atoms with van der Waals surface area (Å²) in [6.07, 6.45) is 0. The lowest BCUT2D eigenvalue weighted by Gasteiger charge is -2.43. The van der Waals surface area contributed by atoms with Gasteiger partial charge in [-0.05, 0) is 12.1 Å². The molecule has 20 heavy (non-hydrogen) atoms. The molecule has 2 aromatic carbocycles. The Bertz CT molecular complexity index is 786. The van der Waals surface area contributed by atoms with Crippen molar-refractivity contribution < 1.29 is 0 Å². The molecule has 0 saturated heterocycles. The van der Waals surface area contributed by atoms with Crippen LogP contribution >= 0.6 is 11.8 Å². The van der Waals surface area contributed by atoms with Crippen molar-refractivity contribution in [3.05, 3.63) is 70.0 Å². The van der Waals surface area contributed by atoms with Crippen molar-refractivity contribution in [3.8, 4) is 0 Å². The zero-order valence-corrected chi connectivity index (χ0v) is 11.6. The van der Waals surface area contributed by atoms with E-state index < -0.39 is 0 Å². The van der Waals surface area contributed by atoms with Gasteiger partial charge in [-0.3, -0.25) is 0 Å². The summed E-state index contributed by atoms with van der Waals surface area (Å²) in [4.78, 5) is 2.52. The highest BCUT2D eigenvalue weighted by molar-refractivity contribution is 8.03. The van der Waals surface area contributed by atoms with Crippen LogP contribution in [0.1, 0.15) is 5.56 Å². The van der Waals surface area contributed by atoms with Crippen molar-refractivity contribution in [3.63, 3.8) is 0 Å². The Kier molecular flexibility index (Phi) is 1.90. The van der Waals surface area contributed by atoms with Crippen LogP contribution in [0.4, 0.5) is 11.4 Å². The molecule has 0 radical (unpaired) electrons. The van der Waals surface area contributed by atoms with Gasteiger partial charge in [0.2, 0.25) is 5.82 Å². The Morgan fingerprint density at radius 3 is 2.75 bits per heavy atom. The number of para-hydroxylation sites is 2. The maximum Gasteiger partial charge on any atom is 0.219 e. The molecule has 98 valence electrons. The third kappa shape index (κ3) is 1.11. The minimum Gasteiger partial charge on any atom is -0.750 e. The number of benzene rings is 2. The van der Waals surface area contributed by atoms with Gasteiger partial charge in [0.05, 0.1) is 5.69 Å². The Balaban J connectivity index is 1.78. The van der Waals surface area contributed by atoms with Gasteiger partial charge in [-0.1, -0.05) is 42.1 Å². The van der Waals surface area contributed by atoms with Gasteiger partial charge < -0.3 is 10.3 Å². The summed E-state index contributed by atoms with van der Waals surface area (Å²) in [6.45, 7) is 1.84. The average Bonchev–Trinajstić information content (AvgIpc) is 2.63. The standard InChI is InChI=1S/C16H12N2OS/c19-17-12-6-2-3-7-13(12)18-9-11-5-1-4-8-14(11)20-15(10-18)16(17)18/h1-8H,9-10H2. The minimum absolute atomic E-state index is 0.707. The molecule has 1 unspecified atom stereocenters. The zero-order chi connectivity index (χ0) is 13.3. The average molecular weight is 280 g/mol. The maximum absolute atomic E-state index is 12.6. The molecule has 6 rings (SSSR count). The fourth-order valence-corrected chi connectivity index (χ4v) is 4.90. The molecule has 0 aromatic heterocycles. The van der Waals surface area contributed by atoms with Crippen LogP contribution in [0.5, 0.6) is 0 Å². The predicted molar refractivity (Wildman–Crippen MR) is 82.0 cm³/mol. The van der Waals surface area contributed by atoms with Crippen LogP contribution in [-0.2, 0) is 6.54 Å². The molecule has 2 aromatic rings. The summed E-state index contributed by atoms with van der Waals surface area (Å²) in [7, 11) is 0. The van der Waals surface area contributed by atoms with Crippen molar-refractivity contribution in [2.45, 2.75) is 11.4 Å². The van der Waals surface area contributed by atoms with Crippen LogP contribution in [0.25, 0.3) is 0 Å². The first-order valence-corrected chi connectivity index (χ1v) is 7.55. The van der Waals surface area contributed by atoms with Gasteiger partial charge in [0.25, 0.3) is 0 Å². The van der Waals surface area contributed by atoms with E-state index in [1.165, 1.54) is 15.4 Å². The predicted octanol–water partition coefficient (Wildman–Crippen LogP) is 3.80. The molecule has 1 spiro atoms. The van der Waals surface area contributed by atoms with Crippen LogP contribution in [0, 0.1) is 5.21 Å². The highest BCUT2D eigenvalue weighted by Gasteiger charge is 2.56. The molecular weight excluding hydrogens is 268 g/mol. The minimum atomic E-state index is 0.707. The Labute approximate surface area is 121 Å². The maximum atomic E-state index is 12.6. The van der Waals surface area contributed by atoms with Crippen molar-refractivity contribution in [2.24, 2.45) is 0 Å². The Morgan fingerprint density at radius 2 is 1.80 bits per heavy atom. The highest BCUT2D eigenvalue weighted by Crippen LogP contribution is 2.59. The molecule has 1 atom stereocenters. The van der Waals surface area contributed by atoms with E-state index in [4.69, 9.17) is 0 Å². The van der Waals surface area contributed by atoms with E-state index in [-0.39, 0.29) is 0 Å². The number of hydrogen-bond acceptors (Lipinski definition) is 3. The highest BCUT2D eigenvalue weighted by atomic mass is 32.2. The number of hydroxylamine groups is 1. The van der Waals surface area contributed by atoms with Gasteiger partial charge in [0.15, 0.2) is 5.69 Å². The van der Waals surface area contributed by atoms with Crippen molar-refractivity contribution in [1.82, 2.24) is 4.48 Å². The summed E-state index contributed by atoms with van der Waals surface area (Å²) < 4.78 is 0.707. The lowest BCUT2D eigenvalue weighted by atomic mass is 10.1. The first-order chi connectivity index (χ1) is 9.79. The molecule has 4 heteroatoms. The number of hydrogen-bond donors (Lipinski definition) is 0. The smallest absolute Gasteiger partial charge is 0.219 e. The summed E-state index contributed by atoms with van der Waals surface area (Å²) in [6, 6.07) is 16.5. The second kappa shape index (κ2) is 3.47. The fraction of sp³-hybridized carbons (Fsp3) is 0.125. The quantitative estimate of drug-likeness (QED) is 0.687. The number of nitrogens with zero attached hydrogens (tertiary/aromatic N) is 2. The van der Waals surface area contributed by atoms with Gasteiger partial charge in [-0.25, -0.2) is 4.48 Å². The van der Waals surface area contributed by atoms with E-state index in [9.17, 15) is 5.21 Å². The molecule has 4 aliphatic rings. The van der Waals surface area contributed by atoms with E-state index >= 15 is 0 Å². The number of quaternary nitrogens is 1. The van der Waals surface area contributed by atoms with E-state index in [1.54, 1.807) is 11.8 Å². The first kappa shape index (κ1) is 11.0. The molecule has 2 bridgehead atoms. The largest absolute Gasteiger partial charge is 0.750 e.